The normalized spacial score (nSPS) is 10.2. The number of hydrogen-bond acceptors (Lipinski definition) is 3. The summed E-state index contributed by atoms with van der Waals surface area (Å²) in [7, 11) is 0. The topological polar surface area (TPSA) is 45.2 Å². The van der Waals surface area contributed by atoms with E-state index in [2.05, 4.69) is 10.3 Å². The number of rotatable bonds is 5. The molecule has 0 unspecified atom stereocenters. The van der Waals surface area contributed by atoms with Gasteiger partial charge in [0.2, 0.25) is 0 Å². The number of aromatic nitrogens is 1. The molecule has 110 valence electrons. The number of hydrogen-bond donors (Lipinski definition) is 1. The van der Waals surface area contributed by atoms with Crippen LogP contribution in [0.4, 0.5) is 11.5 Å². The first-order valence-electron chi connectivity index (χ1n) is 7.24. The van der Waals surface area contributed by atoms with E-state index in [-0.39, 0.29) is 5.91 Å². The van der Waals surface area contributed by atoms with Crippen molar-refractivity contribution in [3.8, 4) is 0 Å². The molecule has 2 rings (SSSR count). The second kappa shape index (κ2) is 6.88. The van der Waals surface area contributed by atoms with Crippen molar-refractivity contribution in [2.75, 3.05) is 23.3 Å². The highest BCUT2D eigenvalue weighted by Gasteiger charge is 2.16. The van der Waals surface area contributed by atoms with Crippen LogP contribution >= 0.6 is 0 Å². The fraction of sp³-hybridized carbons (Fsp3) is 0.294. The highest BCUT2D eigenvalue weighted by molar-refractivity contribution is 6.05. The van der Waals surface area contributed by atoms with Crippen molar-refractivity contribution >= 4 is 17.4 Å². The second-order valence-corrected chi connectivity index (χ2v) is 4.85. The molecule has 4 heteroatoms. The molecule has 0 saturated heterocycles. The molecule has 1 aromatic carbocycles. The standard InChI is InChI=1S/C17H21N3O/c1-4-18-16-11-8-14(12-19-16)17(21)20(5-2)15-9-6-13(3)7-10-15/h6-12H,4-5H2,1-3H3,(H,18,19). The summed E-state index contributed by atoms with van der Waals surface area (Å²) in [6.45, 7) is 7.45. The summed E-state index contributed by atoms with van der Waals surface area (Å²) >= 11 is 0. The van der Waals surface area contributed by atoms with Crippen molar-refractivity contribution in [3.63, 3.8) is 0 Å². The van der Waals surface area contributed by atoms with E-state index >= 15 is 0 Å². The number of nitrogens with zero attached hydrogens (tertiary/aromatic N) is 2. The van der Waals surface area contributed by atoms with Gasteiger partial charge in [-0.3, -0.25) is 4.79 Å². The smallest absolute Gasteiger partial charge is 0.259 e. The van der Waals surface area contributed by atoms with E-state index in [0.717, 1.165) is 18.1 Å². The highest BCUT2D eigenvalue weighted by Crippen LogP contribution is 2.18. The minimum Gasteiger partial charge on any atom is -0.370 e. The number of amides is 1. The van der Waals surface area contributed by atoms with Gasteiger partial charge in [-0.15, -0.1) is 0 Å². The van der Waals surface area contributed by atoms with Gasteiger partial charge in [-0.2, -0.15) is 0 Å². The van der Waals surface area contributed by atoms with Crippen molar-refractivity contribution in [3.05, 3.63) is 53.7 Å². The summed E-state index contributed by atoms with van der Waals surface area (Å²) < 4.78 is 0. The molecule has 0 fully saturated rings. The van der Waals surface area contributed by atoms with E-state index in [9.17, 15) is 4.79 Å². The average molecular weight is 283 g/mol. The van der Waals surface area contributed by atoms with Gasteiger partial charge in [0.25, 0.3) is 5.91 Å². The van der Waals surface area contributed by atoms with Crippen LogP contribution in [0.15, 0.2) is 42.6 Å². The Kier molecular flexibility index (Phi) is 4.93. The summed E-state index contributed by atoms with van der Waals surface area (Å²) in [5, 5.41) is 3.12. The van der Waals surface area contributed by atoms with Crippen LogP contribution in [0.3, 0.4) is 0 Å². The van der Waals surface area contributed by atoms with Crippen LogP contribution in [0.2, 0.25) is 0 Å². The molecule has 4 nitrogen and oxygen atoms in total. The van der Waals surface area contributed by atoms with Crippen molar-refractivity contribution in [2.24, 2.45) is 0 Å². The monoisotopic (exact) mass is 283 g/mol. The summed E-state index contributed by atoms with van der Waals surface area (Å²) in [5.74, 6) is 0.754. The van der Waals surface area contributed by atoms with Crippen molar-refractivity contribution < 1.29 is 4.79 Å². The Hall–Kier alpha value is -2.36. The Morgan fingerprint density at radius 1 is 1.14 bits per heavy atom. The van der Waals surface area contributed by atoms with E-state index in [0.29, 0.717) is 12.1 Å². The number of anilines is 2. The number of benzene rings is 1. The van der Waals surface area contributed by atoms with Gasteiger partial charge in [0.05, 0.1) is 5.56 Å². The first-order valence-corrected chi connectivity index (χ1v) is 7.24. The third-order valence-corrected chi connectivity index (χ3v) is 3.28. The maximum absolute atomic E-state index is 12.6. The maximum Gasteiger partial charge on any atom is 0.259 e. The zero-order valence-corrected chi connectivity index (χ0v) is 12.8. The van der Waals surface area contributed by atoms with Crippen LogP contribution in [0.25, 0.3) is 0 Å². The molecule has 21 heavy (non-hydrogen) atoms. The third-order valence-electron chi connectivity index (χ3n) is 3.28. The zero-order chi connectivity index (χ0) is 15.2. The lowest BCUT2D eigenvalue weighted by Crippen LogP contribution is -2.30. The second-order valence-electron chi connectivity index (χ2n) is 4.85. The number of carbonyl (C=O) groups excluding carboxylic acids is 1. The minimum atomic E-state index is -0.0306. The van der Waals surface area contributed by atoms with Gasteiger partial charge in [0.15, 0.2) is 0 Å². The SMILES string of the molecule is CCNc1ccc(C(=O)N(CC)c2ccc(C)cc2)cn1. The minimum absolute atomic E-state index is 0.0306. The van der Waals surface area contributed by atoms with Crippen LogP contribution in [-0.4, -0.2) is 24.0 Å². The summed E-state index contributed by atoms with van der Waals surface area (Å²) in [6, 6.07) is 11.6. The predicted octanol–water partition coefficient (Wildman–Crippen LogP) is 3.49. The quantitative estimate of drug-likeness (QED) is 0.913. The van der Waals surface area contributed by atoms with Gasteiger partial charge in [0, 0.05) is 25.0 Å². The van der Waals surface area contributed by atoms with Crippen LogP contribution in [-0.2, 0) is 0 Å². The Morgan fingerprint density at radius 3 is 2.38 bits per heavy atom. The van der Waals surface area contributed by atoms with Crippen LogP contribution < -0.4 is 10.2 Å². The van der Waals surface area contributed by atoms with Crippen LogP contribution in [0.1, 0.15) is 29.8 Å². The Balaban J connectivity index is 2.21. The predicted molar refractivity (Wildman–Crippen MR) is 86.9 cm³/mol. The molecule has 0 aliphatic heterocycles. The van der Waals surface area contributed by atoms with E-state index in [1.807, 2.05) is 57.2 Å². The maximum atomic E-state index is 12.6. The van der Waals surface area contributed by atoms with Gasteiger partial charge < -0.3 is 10.2 Å². The number of aryl methyl sites for hydroxylation is 1. The van der Waals surface area contributed by atoms with E-state index in [4.69, 9.17) is 0 Å². The molecule has 2 aromatic rings. The lowest BCUT2D eigenvalue weighted by Gasteiger charge is -2.21. The molecule has 0 saturated carbocycles. The lowest BCUT2D eigenvalue weighted by atomic mass is 10.2. The summed E-state index contributed by atoms with van der Waals surface area (Å²) in [4.78, 5) is 18.6. The molecule has 1 heterocycles. The molecule has 1 aromatic heterocycles. The van der Waals surface area contributed by atoms with Crippen molar-refractivity contribution in [1.29, 1.82) is 0 Å². The fourth-order valence-electron chi connectivity index (χ4n) is 2.13. The molecule has 1 amide bonds. The highest BCUT2D eigenvalue weighted by atomic mass is 16.2. The Labute approximate surface area is 125 Å². The van der Waals surface area contributed by atoms with Gasteiger partial charge in [0.1, 0.15) is 5.82 Å². The number of pyridine rings is 1. The van der Waals surface area contributed by atoms with E-state index in [1.165, 1.54) is 5.56 Å². The molecule has 0 aliphatic rings. The van der Waals surface area contributed by atoms with Crippen LogP contribution in [0.5, 0.6) is 0 Å². The lowest BCUT2D eigenvalue weighted by molar-refractivity contribution is 0.0988. The van der Waals surface area contributed by atoms with Gasteiger partial charge in [-0.05, 0) is 45.0 Å². The van der Waals surface area contributed by atoms with E-state index in [1.54, 1.807) is 11.1 Å². The Morgan fingerprint density at radius 2 is 1.86 bits per heavy atom. The van der Waals surface area contributed by atoms with Gasteiger partial charge in [-0.25, -0.2) is 4.98 Å². The average Bonchev–Trinajstić information content (AvgIpc) is 2.51. The fourth-order valence-corrected chi connectivity index (χ4v) is 2.13. The number of nitrogens with one attached hydrogen (secondary N) is 1. The molecule has 0 radical (unpaired) electrons. The number of carbonyl (C=O) groups is 1. The summed E-state index contributed by atoms with van der Waals surface area (Å²) in [5.41, 5.74) is 2.68. The van der Waals surface area contributed by atoms with Crippen molar-refractivity contribution in [2.45, 2.75) is 20.8 Å². The van der Waals surface area contributed by atoms with Crippen LogP contribution in [0, 0.1) is 6.92 Å². The third kappa shape index (κ3) is 3.60. The zero-order valence-electron chi connectivity index (χ0n) is 12.8. The molecular formula is C17H21N3O. The van der Waals surface area contributed by atoms with Gasteiger partial charge >= 0.3 is 0 Å². The summed E-state index contributed by atoms with van der Waals surface area (Å²) in [6.07, 6.45) is 1.62. The molecule has 1 N–H and O–H groups in total. The van der Waals surface area contributed by atoms with E-state index < -0.39 is 0 Å². The molecule has 0 atom stereocenters. The molecular weight excluding hydrogens is 262 g/mol. The van der Waals surface area contributed by atoms with Gasteiger partial charge in [-0.1, -0.05) is 17.7 Å². The Bertz CT molecular complexity index is 590. The molecule has 0 spiro atoms. The largest absolute Gasteiger partial charge is 0.370 e. The first kappa shape index (κ1) is 15.0. The molecule has 0 aliphatic carbocycles. The molecule has 0 bridgehead atoms. The first-order chi connectivity index (χ1) is 10.2. The van der Waals surface area contributed by atoms with Crippen molar-refractivity contribution in [1.82, 2.24) is 4.98 Å².